The summed E-state index contributed by atoms with van der Waals surface area (Å²) in [5, 5.41) is 0. The van der Waals surface area contributed by atoms with Crippen LogP contribution >= 0.6 is 0 Å². The van der Waals surface area contributed by atoms with Gasteiger partial charge in [-0.05, 0) is 31.5 Å². The number of benzene rings is 3. The SMILES string of the molecule is CCOC(=O)C(Cc1c(N)nc(-c2ccccc2)nc1-c1ccccc1)c1cc(OC)ccc1OC. The highest BCUT2D eigenvalue weighted by molar-refractivity contribution is 5.81. The van der Waals surface area contributed by atoms with Gasteiger partial charge in [0, 0.05) is 22.3 Å². The maximum absolute atomic E-state index is 13.3. The topological polar surface area (TPSA) is 96.6 Å². The van der Waals surface area contributed by atoms with Gasteiger partial charge < -0.3 is 19.9 Å². The molecule has 184 valence electrons. The second-order valence-corrected chi connectivity index (χ2v) is 8.11. The Balaban J connectivity index is 1.88. The molecule has 4 aromatic rings. The minimum atomic E-state index is -0.717. The van der Waals surface area contributed by atoms with Gasteiger partial charge in [0.2, 0.25) is 0 Å². The number of anilines is 1. The Morgan fingerprint density at radius 1 is 0.889 bits per heavy atom. The molecule has 7 nitrogen and oxygen atoms in total. The molecular weight excluding hydrogens is 454 g/mol. The summed E-state index contributed by atoms with van der Waals surface area (Å²) in [6.45, 7) is 2.02. The van der Waals surface area contributed by atoms with Crippen LogP contribution in [0.2, 0.25) is 0 Å². The number of hydrogen-bond acceptors (Lipinski definition) is 7. The van der Waals surface area contributed by atoms with Crippen LogP contribution in [-0.2, 0) is 16.0 Å². The van der Waals surface area contributed by atoms with E-state index in [1.165, 1.54) is 0 Å². The number of nitrogens with zero attached hydrogens (tertiary/aromatic N) is 2. The lowest BCUT2D eigenvalue weighted by atomic mass is 9.89. The molecule has 1 heterocycles. The van der Waals surface area contributed by atoms with Crippen molar-refractivity contribution in [3.05, 3.63) is 90.0 Å². The van der Waals surface area contributed by atoms with Crippen LogP contribution in [0.4, 0.5) is 5.82 Å². The standard InChI is InChI=1S/C29H29N3O4/c1-4-36-29(33)23(22-17-21(34-2)15-16-25(22)35-3)18-24-26(19-11-7-5-8-12-19)31-28(32-27(24)30)20-13-9-6-10-14-20/h5-17,23H,4,18H2,1-3H3,(H2,30,31,32). The van der Waals surface area contributed by atoms with Crippen LogP contribution in [0.15, 0.2) is 78.9 Å². The lowest BCUT2D eigenvalue weighted by molar-refractivity contribution is -0.145. The zero-order valence-electron chi connectivity index (χ0n) is 20.6. The molecule has 7 heteroatoms. The molecule has 1 unspecified atom stereocenters. The molecule has 0 spiro atoms. The minimum Gasteiger partial charge on any atom is -0.497 e. The highest BCUT2D eigenvalue weighted by Crippen LogP contribution is 2.37. The predicted molar refractivity (Wildman–Crippen MR) is 140 cm³/mol. The summed E-state index contributed by atoms with van der Waals surface area (Å²) >= 11 is 0. The number of carbonyl (C=O) groups excluding carboxylic acids is 1. The van der Waals surface area contributed by atoms with Crippen LogP contribution in [0.3, 0.4) is 0 Å². The second-order valence-electron chi connectivity index (χ2n) is 8.11. The molecule has 1 atom stereocenters. The first-order chi connectivity index (χ1) is 17.5. The van der Waals surface area contributed by atoms with Gasteiger partial charge >= 0.3 is 5.97 Å². The van der Waals surface area contributed by atoms with E-state index in [0.717, 1.165) is 11.1 Å². The molecule has 36 heavy (non-hydrogen) atoms. The van der Waals surface area contributed by atoms with Crippen LogP contribution in [0.1, 0.15) is 24.0 Å². The van der Waals surface area contributed by atoms with E-state index in [0.29, 0.717) is 40.0 Å². The molecule has 0 aliphatic heterocycles. The number of methoxy groups -OCH3 is 2. The van der Waals surface area contributed by atoms with E-state index in [2.05, 4.69) is 4.98 Å². The number of aromatic nitrogens is 2. The molecule has 4 rings (SSSR count). The van der Waals surface area contributed by atoms with E-state index in [4.69, 9.17) is 24.9 Å². The largest absolute Gasteiger partial charge is 0.497 e. The number of esters is 1. The predicted octanol–water partition coefficient (Wildman–Crippen LogP) is 5.30. The third kappa shape index (κ3) is 5.30. The van der Waals surface area contributed by atoms with Gasteiger partial charge in [-0.3, -0.25) is 4.79 Å². The number of hydrogen-bond donors (Lipinski definition) is 1. The zero-order chi connectivity index (χ0) is 25.5. The molecule has 0 aliphatic rings. The van der Waals surface area contributed by atoms with Gasteiger partial charge in [-0.15, -0.1) is 0 Å². The van der Waals surface area contributed by atoms with Crippen LogP contribution in [0.25, 0.3) is 22.6 Å². The summed E-state index contributed by atoms with van der Waals surface area (Å²) in [4.78, 5) is 22.8. The molecule has 0 fully saturated rings. The maximum Gasteiger partial charge on any atom is 0.313 e. The van der Waals surface area contributed by atoms with Gasteiger partial charge in [-0.25, -0.2) is 9.97 Å². The lowest BCUT2D eigenvalue weighted by Crippen LogP contribution is -2.21. The molecule has 0 bridgehead atoms. The van der Waals surface area contributed by atoms with Gasteiger partial charge in [0.05, 0.1) is 32.4 Å². The van der Waals surface area contributed by atoms with E-state index >= 15 is 0 Å². The summed E-state index contributed by atoms with van der Waals surface area (Å²) in [6, 6.07) is 24.8. The van der Waals surface area contributed by atoms with Crippen LogP contribution in [-0.4, -0.2) is 36.8 Å². The first-order valence-electron chi connectivity index (χ1n) is 11.7. The van der Waals surface area contributed by atoms with Crippen molar-refractivity contribution in [3.63, 3.8) is 0 Å². The Hall–Kier alpha value is -4.39. The van der Waals surface area contributed by atoms with E-state index in [-0.39, 0.29) is 13.0 Å². The molecular formula is C29H29N3O4. The monoisotopic (exact) mass is 483 g/mol. The van der Waals surface area contributed by atoms with Crippen molar-refractivity contribution in [1.82, 2.24) is 9.97 Å². The summed E-state index contributed by atoms with van der Waals surface area (Å²) in [5.41, 5.74) is 10.3. The fourth-order valence-electron chi connectivity index (χ4n) is 4.13. The molecule has 3 aromatic carbocycles. The van der Waals surface area contributed by atoms with Crippen molar-refractivity contribution in [1.29, 1.82) is 0 Å². The number of nitrogen functional groups attached to an aromatic ring is 1. The van der Waals surface area contributed by atoms with Gasteiger partial charge in [0.15, 0.2) is 5.82 Å². The van der Waals surface area contributed by atoms with Crippen LogP contribution in [0.5, 0.6) is 11.5 Å². The zero-order valence-corrected chi connectivity index (χ0v) is 20.6. The Bertz CT molecular complexity index is 1330. The Morgan fingerprint density at radius 3 is 2.17 bits per heavy atom. The minimum absolute atomic E-state index is 0.216. The van der Waals surface area contributed by atoms with Gasteiger partial charge in [0.25, 0.3) is 0 Å². The number of carbonyl (C=O) groups is 1. The third-order valence-corrected chi connectivity index (χ3v) is 5.91. The number of ether oxygens (including phenoxy) is 3. The Kier molecular flexibility index (Phi) is 7.80. The van der Waals surface area contributed by atoms with E-state index in [1.807, 2.05) is 60.7 Å². The second kappa shape index (κ2) is 11.4. The average molecular weight is 484 g/mol. The van der Waals surface area contributed by atoms with Crippen LogP contribution in [0, 0.1) is 0 Å². The van der Waals surface area contributed by atoms with Crippen LogP contribution < -0.4 is 15.2 Å². The summed E-state index contributed by atoms with van der Waals surface area (Å²) in [6.07, 6.45) is 0.216. The molecule has 0 saturated carbocycles. The molecule has 0 aliphatic carbocycles. The smallest absolute Gasteiger partial charge is 0.313 e. The van der Waals surface area contributed by atoms with Gasteiger partial charge in [-0.2, -0.15) is 0 Å². The maximum atomic E-state index is 13.3. The Morgan fingerprint density at radius 2 is 1.56 bits per heavy atom. The van der Waals surface area contributed by atoms with E-state index in [9.17, 15) is 4.79 Å². The van der Waals surface area contributed by atoms with Crippen molar-refractivity contribution in [2.75, 3.05) is 26.6 Å². The lowest BCUT2D eigenvalue weighted by Gasteiger charge is -2.21. The number of nitrogens with two attached hydrogens (primary N) is 1. The average Bonchev–Trinajstić information content (AvgIpc) is 2.92. The third-order valence-electron chi connectivity index (χ3n) is 5.91. The van der Waals surface area contributed by atoms with E-state index < -0.39 is 11.9 Å². The fraction of sp³-hybridized carbons (Fsp3) is 0.207. The van der Waals surface area contributed by atoms with Crippen molar-refractivity contribution in [2.24, 2.45) is 0 Å². The van der Waals surface area contributed by atoms with Crippen molar-refractivity contribution >= 4 is 11.8 Å². The first-order valence-corrected chi connectivity index (χ1v) is 11.7. The molecule has 2 N–H and O–H groups in total. The first kappa shape index (κ1) is 24.7. The normalized spacial score (nSPS) is 11.5. The molecule has 1 aromatic heterocycles. The van der Waals surface area contributed by atoms with Gasteiger partial charge in [-0.1, -0.05) is 60.7 Å². The molecule has 0 amide bonds. The highest BCUT2D eigenvalue weighted by atomic mass is 16.5. The Labute approximate surface area is 210 Å². The number of rotatable bonds is 9. The summed E-state index contributed by atoms with van der Waals surface area (Å²) in [5.74, 6) is 0.865. The molecule has 0 saturated heterocycles. The highest BCUT2D eigenvalue weighted by Gasteiger charge is 2.29. The fourth-order valence-corrected chi connectivity index (χ4v) is 4.13. The summed E-state index contributed by atoms with van der Waals surface area (Å²) in [7, 11) is 3.14. The quantitative estimate of drug-likeness (QED) is 0.323. The summed E-state index contributed by atoms with van der Waals surface area (Å²) < 4.78 is 16.5. The van der Waals surface area contributed by atoms with Crippen molar-refractivity contribution in [3.8, 4) is 34.1 Å². The molecule has 0 radical (unpaired) electrons. The van der Waals surface area contributed by atoms with Crippen molar-refractivity contribution < 1.29 is 19.0 Å². The van der Waals surface area contributed by atoms with Crippen molar-refractivity contribution in [2.45, 2.75) is 19.3 Å². The van der Waals surface area contributed by atoms with E-state index in [1.54, 1.807) is 39.3 Å². The van der Waals surface area contributed by atoms with Gasteiger partial charge in [0.1, 0.15) is 17.3 Å².